The van der Waals surface area contributed by atoms with Crippen LogP contribution in [0.15, 0.2) is 61.1 Å². The van der Waals surface area contributed by atoms with E-state index in [4.69, 9.17) is 11.5 Å². The lowest BCUT2D eigenvalue weighted by atomic mass is 10.1. The van der Waals surface area contributed by atoms with Gasteiger partial charge in [0.05, 0.1) is 17.9 Å². The molecule has 11 nitrogen and oxygen atoms in total. The Kier molecular flexibility index (Phi) is 9.12. The molecule has 1 unspecified atom stereocenters. The average molecular weight is 593 g/mol. The fraction of sp³-hybridized carbons (Fsp3) is 0.333. The van der Waals surface area contributed by atoms with E-state index >= 15 is 0 Å². The summed E-state index contributed by atoms with van der Waals surface area (Å²) in [6.45, 7) is 1.23. The van der Waals surface area contributed by atoms with Crippen LogP contribution in [0.25, 0.3) is 16.9 Å². The molecule has 2 aromatic heterocycles. The van der Waals surface area contributed by atoms with Gasteiger partial charge in [-0.2, -0.15) is 8.78 Å². The molecule has 1 aliphatic heterocycles. The normalized spacial score (nSPS) is 14.3. The number of nitrogens with two attached hydrogens (primary N) is 2. The fourth-order valence-corrected chi connectivity index (χ4v) is 5.14. The smallest absolute Gasteiger partial charge is 0.387 e. The summed E-state index contributed by atoms with van der Waals surface area (Å²) in [5.41, 5.74) is 15.7. The molecule has 13 heteroatoms. The third-order valence-electron chi connectivity index (χ3n) is 7.44. The number of halogens is 2. The van der Waals surface area contributed by atoms with Gasteiger partial charge in [-0.05, 0) is 74.3 Å². The van der Waals surface area contributed by atoms with Crippen LogP contribution in [0, 0.1) is 6.92 Å². The van der Waals surface area contributed by atoms with Crippen molar-refractivity contribution < 1.29 is 23.1 Å². The van der Waals surface area contributed by atoms with Crippen LogP contribution in [0.3, 0.4) is 0 Å². The maximum Gasteiger partial charge on any atom is 0.387 e. The number of rotatable bonds is 10. The lowest BCUT2D eigenvalue weighted by Gasteiger charge is -2.36. The highest BCUT2D eigenvalue weighted by molar-refractivity contribution is 5.96. The Balaban J connectivity index is 1.25. The van der Waals surface area contributed by atoms with Crippen molar-refractivity contribution >= 4 is 29.0 Å². The zero-order valence-electron chi connectivity index (χ0n) is 23.7. The first-order valence-corrected chi connectivity index (χ1v) is 14.0. The van der Waals surface area contributed by atoms with Crippen molar-refractivity contribution in [3.05, 3.63) is 72.2 Å². The van der Waals surface area contributed by atoms with Crippen molar-refractivity contribution in [1.29, 1.82) is 0 Å². The number of fused-ring (bicyclic) bond motifs is 1. The Morgan fingerprint density at radius 3 is 2.44 bits per heavy atom. The number of ether oxygens (including phenoxy) is 1. The van der Waals surface area contributed by atoms with Gasteiger partial charge < -0.3 is 31.3 Å². The number of aromatic nitrogens is 3. The van der Waals surface area contributed by atoms with Crippen LogP contribution in [0.1, 0.15) is 28.8 Å². The number of benzene rings is 2. The molecule has 1 saturated heterocycles. The third-order valence-corrected chi connectivity index (χ3v) is 7.44. The van der Waals surface area contributed by atoms with E-state index in [1.54, 1.807) is 46.6 Å². The van der Waals surface area contributed by atoms with Crippen LogP contribution in [0.5, 0.6) is 5.75 Å². The van der Waals surface area contributed by atoms with E-state index in [1.165, 1.54) is 12.1 Å². The molecule has 0 spiro atoms. The fourth-order valence-electron chi connectivity index (χ4n) is 5.14. The molecule has 1 fully saturated rings. The van der Waals surface area contributed by atoms with Crippen LogP contribution in [0.2, 0.25) is 0 Å². The molecule has 0 saturated carbocycles. The number of imidazole rings is 1. The maximum atomic E-state index is 13.3. The van der Waals surface area contributed by atoms with Crippen molar-refractivity contribution in [1.82, 2.24) is 24.2 Å². The van der Waals surface area contributed by atoms with Crippen molar-refractivity contribution in [2.75, 3.05) is 38.0 Å². The van der Waals surface area contributed by atoms with E-state index < -0.39 is 12.7 Å². The molecule has 43 heavy (non-hydrogen) atoms. The Bertz CT molecular complexity index is 1590. The number of carbonyl (C=O) groups excluding carboxylic acids is 2. The highest BCUT2D eigenvalue weighted by Gasteiger charge is 2.28. The topological polar surface area (TPSA) is 144 Å². The molecule has 4 aromatic rings. The zero-order chi connectivity index (χ0) is 30.5. The lowest BCUT2D eigenvalue weighted by molar-refractivity contribution is -0.134. The summed E-state index contributed by atoms with van der Waals surface area (Å²) in [7, 11) is 0. The summed E-state index contributed by atoms with van der Waals surface area (Å²) >= 11 is 0. The summed E-state index contributed by atoms with van der Waals surface area (Å²) in [6, 6.07) is 11.2. The molecule has 5 N–H and O–H groups in total. The molecule has 5 rings (SSSR count). The van der Waals surface area contributed by atoms with Gasteiger partial charge in [-0.3, -0.25) is 14.0 Å². The summed E-state index contributed by atoms with van der Waals surface area (Å²) in [5.74, 6) is 0.393. The van der Waals surface area contributed by atoms with E-state index in [1.807, 2.05) is 23.5 Å². The number of hydrogen-bond donors (Lipinski definition) is 3. The van der Waals surface area contributed by atoms with Gasteiger partial charge >= 0.3 is 6.61 Å². The average Bonchev–Trinajstić information content (AvgIpc) is 3.45. The number of hydrogen-bond acceptors (Lipinski definition) is 8. The van der Waals surface area contributed by atoms with E-state index in [9.17, 15) is 18.4 Å². The number of alkyl halides is 2. The van der Waals surface area contributed by atoms with E-state index in [2.05, 4.69) is 20.0 Å². The minimum absolute atomic E-state index is 0.0741. The van der Waals surface area contributed by atoms with Crippen molar-refractivity contribution in [3.8, 4) is 17.0 Å². The van der Waals surface area contributed by atoms with Gasteiger partial charge in [-0.15, -0.1) is 0 Å². The van der Waals surface area contributed by atoms with Gasteiger partial charge in [0.15, 0.2) is 11.5 Å². The highest BCUT2D eigenvalue weighted by atomic mass is 19.3. The Hall–Kier alpha value is -4.62. The Morgan fingerprint density at radius 1 is 1.05 bits per heavy atom. The van der Waals surface area contributed by atoms with Crippen LogP contribution < -0.4 is 21.5 Å². The number of nitrogens with zero attached hydrogens (tertiary/aromatic N) is 5. The van der Waals surface area contributed by atoms with Crippen LogP contribution in [0.4, 0.5) is 20.3 Å². The second-order valence-corrected chi connectivity index (χ2v) is 10.3. The number of piperazine rings is 1. The van der Waals surface area contributed by atoms with Crippen molar-refractivity contribution in [3.63, 3.8) is 0 Å². The molecule has 2 aromatic carbocycles. The van der Waals surface area contributed by atoms with Crippen LogP contribution in [-0.4, -0.2) is 81.4 Å². The maximum absolute atomic E-state index is 13.3. The Labute approximate surface area is 247 Å². The zero-order valence-corrected chi connectivity index (χ0v) is 23.7. The molecule has 3 heterocycles. The number of amides is 2. The van der Waals surface area contributed by atoms with Gasteiger partial charge in [0.25, 0.3) is 5.91 Å². The highest BCUT2D eigenvalue weighted by Crippen LogP contribution is 2.28. The predicted octanol–water partition coefficient (Wildman–Crippen LogP) is 3.40. The van der Waals surface area contributed by atoms with Gasteiger partial charge in [0.2, 0.25) is 5.91 Å². The van der Waals surface area contributed by atoms with Gasteiger partial charge in [0.1, 0.15) is 5.75 Å². The molecule has 226 valence electrons. The quantitative estimate of drug-likeness (QED) is 0.254. The number of anilines is 2. The summed E-state index contributed by atoms with van der Waals surface area (Å²) in [5, 5.41) is 3.29. The molecule has 0 radical (unpaired) electrons. The SMILES string of the molecule is Cc1cc(Nc2nccn3c(-c4ccc(OC(F)F)cc4)cnc23)ccc1C(=O)N1CCN(C(=O)C(N)CCCN)CC1. The molecule has 0 aliphatic carbocycles. The van der Waals surface area contributed by atoms with E-state index in [-0.39, 0.29) is 17.6 Å². The number of nitrogens with one attached hydrogen (secondary N) is 1. The third kappa shape index (κ3) is 6.73. The summed E-state index contributed by atoms with van der Waals surface area (Å²) in [6.07, 6.45) is 6.33. The minimum Gasteiger partial charge on any atom is -0.435 e. The second-order valence-electron chi connectivity index (χ2n) is 10.3. The molecule has 1 aliphatic rings. The monoisotopic (exact) mass is 592 g/mol. The standard InChI is InChI=1S/C30H34F2N8O3/c1-19-17-21(6-9-23(19)28(41)38-13-15-39(16-14-38)29(42)24(34)3-2-10-33)37-26-27-36-18-25(40(27)12-11-35-26)20-4-7-22(8-5-20)43-30(31)32/h4-9,11-12,17-18,24,30H,2-3,10,13-16,33-34H2,1H3,(H,35,37). The van der Waals surface area contributed by atoms with Crippen LogP contribution in [-0.2, 0) is 4.79 Å². The summed E-state index contributed by atoms with van der Waals surface area (Å²) in [4.78, 5) is 38.4. The van der Waals surface area contributed by atoms with Gasteiger partial charge in [-0.1, -0.05) is 0 Å². The van der Waals surface area contributed by atoms with Crippen LogP contribution >= 0.6 is 0 Å². The van der Waals surface area contributed by atoms with Crippen molar-refractivity contribution in [2.24, 2.45) is 11.5 Å². The molecule has 1 atom stereocenters. The number of carbonyl (C=O) groups is 2. The lowest BCUT2D eigenvalue weighted by Crippen LogP contribution is -2.54. The Morgan fingerprint density at radius 2 is 1.77 bits per heavy atom. The largest absolute Gasteiger partial charge is 0.435 e. The van der Waals surface area contributed by atoms with Gasteiger partial charge in [-0.25, -0.2) is 9.97 Å². The first-order chi connectivity index (χ1) is 20.7. The van der Waals surface area contributed by atoms with Crippen molar-refractivity contribution in [2.45, 2.75) is 32.4 Å². The van der Waals surface area contributed by atoms with E-state index in [0.717, 1.165) is 22.5 Å². The first-order valence-electron chi connectivity index (χ1n) is 14.0. The summed E-state index contributed by atoms with van der Waals surface area (Å²) < 4.78 is 31.3. The molecule has 2 amide bonds. The molecular weight excluding hydrogens is 558 g/mol. The van der Waals surface area contributed by atoms with E-state index in [0.29, 0.717) is 62.6 Å². The first kappa shape index (κ1) is 29.9. The predicted molar refractivity (Wildman–Crippen MR) is 158 cm³/mol. The molecule has 0 bridgehead atoms. The number of aryl methyl sites for hydroxylation is 1. The minimum atomic E-state index is -2.89. The molecular formula is C30H34F2N8O3. The second kappa shape index (κ2) is 13.1. The van der Waals surface area contributed by atoms with Gasteiger partial charge in [0, 0.05) is 55.4 Å².